The maximum atomic E-state index is 12.7. The number of nitrogens with one attached hydrogen (secondary N) is 1. The molecule has 0 bridgehead atoms. The van der Waals surface area contributed by atoms with E-state index in [0.29, 0.717) is 32.1 Å². The summed E-state index contributed by atoms with van der Waals surface area (Å²) in [6, 6.07) is 25.3. The normalized spacial score (nSPS) is 14.7. The lowest BCUT2D eigenvalue weighted by Gasteiger charge is -2.26. The summed E-state index contributed by atoms with van der Waals surface area (Å²) in [6.45, 7) is 1.27. The topological polar surface area (TPSA) is 84.9 Å². The van der Waals surface area contributed by atoms with Crippen LogP contribution in [0.25, 0.3) is 0 Å². The van der Waals surface area contributed by atoms with Gasteiger partial charge in [0.1, 0.15) is 5.75 Å². The smallest absolute Gasteiger partial charge is 0.258 e. The summed E-state index contributed by atoms with van der Waals surface area (Å²) in [5.74, 6) is 0.139. The van der Waals surface area contributed by atoms with E-state index in [2.05, 4.69) is 5.32 Å². The van der Waals surface area contributed by atoms with Crippen LogP contribution in [-0.2, 0) is 19.6 Å². The molecule has 0 aromatic heterocycles. The molecule has 0 saturated carbocycles. The summed E-state index contributed by atoms with van der Waals surface area (Å²) in [7, 11) is -3.57. The fourth-order valence-electron chi connectivity index (χ4n) is 3.65. The fourth-order valence-corrected chi connectivity index (χ4v) is 5.05. The van der Waals surface area contributed by atoms with E-state index in [1.807, 2.05) is 60.7 Å². The van der Waals surface area contributed by atoms with Gasteiger partial charge in [0.2, 0.25) is 10.0 Å². The summed E-state index contributed by atoms with van der Waals surface area (Å²) in [5, 5.41) is 3.02. The van der Waals surface area contributed by atoms with E-state index >= 15 is 0 Å². The molecule has 0 aliphatic carbocycles. The predicted molar refractivity (Wildman–Crippen MR) is 124 cm³/mol. The first kappa shape index (κ1) is 23.0. The molecule has 1 aliphatic rings. The van der Waals surface area contributed by atoms with Crippen LogP contribution in [0, 0.1) is 0 Å². The molecule has 0 spiro atoms. The monoisotopic (exact) mass is 466 g/mol. The van der Waals surface area contributed by atoms with Crippen LogP contribution in [-0.4, -0.2) is 51.5 Å². The van der Waals surface area contributed by atoms with Crippen LogP contribution >= 0.6 is 0 Å². The number of amides is 1. The molecule has 1 N–H and O–H groups in total. The Morgan fingerprint density at radius 2 is 1.42 bits per heavy atom. The zero-order chi connectivity index (χ0) is 23.1. The van der Waals surface area contributed by atoms with E-state index in [0.717, 1.165) is 11.1 Å². The van der Waals surface area contributed by atoms with E-state index < -0.39 is 10.0 Å². The van der Waals surface area contributed by atoms with Crippen molar-refractivity contribution in [2.24, 2.45) is 0 Å². The second-order valence-electron chi connectivity index (χ2n) is 7.60. The molecular formula is C25H26N2O5S. The molecule has 1 heterocycles. The van der Waals surface area contributed by atoms with Crippen LogP contribution in [0.3, 0.4) is 0 Å². The molecule has 3 aromatic carbocycles. The molecular weight excluding hydrogens is 440 g/mol. The van der Waals surface area contributed by atoms with Gasteiger partial charge in [0.15, 0.2) is 6.61 Å². The number of rotatable bonds is 8. The van der Waals surface area contributed by atoms with Crippen molar-refractivity contribution in [1.82, 2.24) is 9.62 Å². The van der Waals surface area contributed by atoms with Crippen LogP contribution in [0.5, 0.6) is 5.75 Å². The highest BCUT2D eigenvalue weighted by Crippen LogP contribution is 2.23. The van der Waals surface area contributed by atoms with Crippen molar-refractivity contribution in [3.63, 3.8) is 0 Å². The van der Waals surface area contributed by atoms with Gasteiger partial charge < -0.3 is 14.8 Å². The highest BCUT2D eigenvalue weighted by Gasteiger charge is 2.26. The Kier molecular flexibility index (Phi) is 7.39. The number of hydrogen-bond acceptors (Lipinski definition) is 5. The Bertz CT molecular complexity index is 1110. The molecule has 1 amide bonds. The van der Waals surface area contributed by atoms with Crippen LogP contribution < -0.4 is 10.1 Å². The minimum Gasteiger partial charge on any atom is -0.484 e. The Morgan fingerprint density at radius 3 is 1.97 bits per heavy atom. The first-order valence-corrected chi connectivity index (χ1v) is 12.2. The molecule has 1 fully saturated rings. The number of carbonyl (C=O) groups excluding carboxylic acids is 1. The zero-order valence-electron chi connectivity index (χ0n) is 18.1. The number of benzene rings is 3. The lowest BCUT2D eigenvalue weighted by atomic mass is 9.99. The van der Waals surface area contributed by atoms with Gasteiger partial charge in [0, 0.05) is 13.1 Å². The van der Waals surface area contributed by atoms with E-state index in [1.165, 1.54) is 16.4 Å². The van der Waals surface area contributed by atoms with Gasteiger partial charge in [-0.2, -0.15) is 4.31 Å². The number of nitrogens with zero attached hydrogens (tertiary/aromatic N) is 1. The van der Waals surface area contributed by atoms with Gasteiger partial charge in [-0.15, -0.1) is 0 Å². The standard InChI is InChI=1S/C25H26N2O5S/c28-24(26-25(20-7-3-1-4-8-20)21-9-5-2-6-10-21)19-32-22-11-13-23(14-12-22)33(29,30)27-15-17-31-18-16-27/h1-14,25H,15-19H2,(H,26,28). The Morgan fingerprint density at radius 1 is 0.879 bits per heavy atom. The Hall–Kier alpha value is -3.20. The Balaban J connectivity index is 1.39. The molecule has 3 aromatic rings. The van der Waals surface area contributed by atoms with Gasteiger partial charge in [-0.05, 0) is 35.4 Å². The number of sulfonamides is 1. The van der Waals surface area contributed by atoms with Crippen molar-refractivity contribution in [2.75, 3.05) is 32.9 Å². The molecule has 1 saturated heterocycles. The second-order valence-corrected chi connectivity index (χ2v) is 9.54. The first-order chi connectivity index (χ1) is 16.0. The van der Waals surface area contributed by atoms with Crippen molar-refractivity contribution < 1.29 is 22.7 Å². The van der Waals surface area contributed by atoms with Gasteiger partial charge in [-0.25, -0.2) is 8.42 Å². The molecule has 1 aliphatic heterocycles. The van der Waals surface area contributed by atoms with E-state index in [1.54, 1.807) is 12.1 Å². The van der Waals surface area contributed by atoms with Crippen molar-refractivity contribution in [1.29, 1.82) is 0 Å². The van der Waals surface area contributed by atoms with Gasteiger partial charge in [-0.1, -0.05) is 60.7 Å². The minimum absolute atomic E-state index is 0.189. The number of carbonyl (C=O) groups is 1. The molecule has 8 heteroatoms. The van der Waals surface area contributed by atoms with Crippen LogP contribution in [0.15, 0.2) is 89.8 Å². The first-order valence-electron chi connectivity index (χ1n) is 10.7. The highest BCUT2D eigenvalue weighted by atomic mass is 32.2. The van der Waals surface area contributed by atoms with Crippen LogP contribution in [0.1, 0.15) is 17.2 Å². The number of ether oxygens (including phenoxy) is 2. The quantitative estimate of drug-likeness (QED) is 0.552. The highest BCUT2D eigenvalue weighted by molar-refractivity contribution is 7.89. The van der Waals surface area contributed by atoms with Gasteiger partial charge in [0.25, 0.3) is 5.91 Å². The van der Waals surface area contributed by atoms with Crippen LogP contribution in [0.2, 0.25) is 0 Å². The largest absolute Gasteiger partial charge is 0.484 e. The van der Waals surface area contributed by atoms with E-state index in [4.69, 9.17) is 9.47 Å². The van der Waals surface area contributed by atoms with Crippen LogP contribution in [0.4, 0.5) is 0 Å². The van der Waals surface area contributed by atoms with Crippen molar-refractivity contribution in [2.45, 2.75) is 10.9 Å². The summed E-state index contributed by atoms with van der Waals surface area (Å²) < 4.78 is 37.7. The van der Waals surface area contributed by atoms with Crippen molar-refractivity contribution in [3.05, 3.63) is 96.1 Å². The molecule has 172 valence electrons. The zero-order valence-corrected chi connectivity index (χ0v) is 18.9. The maximum Gasteiger partial charge on any atom is 0.258 e. The summed E-state index contributed by atoms with van der Waals surface area (Å²) in [6.07, 6.45) is 0. The third-order valence-corrected chi connectivity index (χ3v) is 7.29. The molecule has 0 atom stereocenters. The second kappa shape index (κ2) is 10.6. The maximum absolute atomic E-state index is 12.7. The summed E-state index contributed by atoms with van der Waals surface area (Å²) in [4.78, 5) is 12.8. The molecule has 0 radical (unpaired) electrons. The Labute approximate surface area is 194 Å². The fraction of sp³-hybridized carbons (Fsp3) is 0.240. The van der Waals surface area contributed by atoms with E-state index in [9.17, 15) is 13.2 Å². The van der Waals surface area contributed by atoms with Gasteiger partial charge >= 0.3 is 0 Å². The summed E-state index contributed by atoms with van der Waals surface area (Å²) in [5.41, 5.74) is 1.93. The minimum atomic E-state index is -3.57. The molecule has 0 unspecified atom stereocenters. The third kappa shape index (κ3) is 5.78. The van der Waals surface area contributed by atoms with Gasteiger partial charge in [0.05, 0.1) is 24.2 Å². The summed E-state index contributed by atoms with van der Waals surface area (Å²) >= 11 is 0. The average Bonchev–Trinajstić information content (AvgIpc) is 2.88. The SMILES string of the molecule is O=C(COc1ccc(S(=O)(=O)N2CCOCC2)cc1)NC(c1ccccc1)c1ccccc1. The molecule has 7 nitrogen and oxygen atoms in total. The number of morpholine rings is 1. The van der Waals surface area contributed by atoms with Crippen molar-refractivity contribution >= 4 is 15.9 Å². The lowest BCUT2D eigenvalue weighted by molar-refractivity contribution is -0.123. The average molecular weight is 467 g/mol. The predicted octanol–water partition coefficient (Wildman–Crippen LogP) is 2.99. The van der Waals surface area contributed by atoms with Crippen molar-refractivity contribution in [3.8, 4) is 5.75 Å². The van der Waals surface area contributed by atoms with Gasteiger partial charge in [-0.3, -0.25) is 4.79 Å². The lowest BCUT2D eigenvalue weighted by Crippen LogP contribution is -2.40. The van der Waals surface area contributed by atoms with E-state index in [-0.39, 0.29) is 23.5 Å². The molecule has 4 rings (SSSR count). The third-order valence-electron chi connectivity index (χ3n) is 5.37. The number of hydrogen-bond donors (Lipinski definition) is 1. The molecule has 33 heavy (non-hydrogen) atoms.